The van der Waals surface area contributed by atoms with Gasteiger partial charge in [0.25, 0.3) is 0 Å². The number of amides is 1. The molecule has 2 fully saturated rings. The lowest BCUT2D eigenvalue weighted by Crippen LogP contribution is -2.74. The second-order valence-electron chi connectivity index (χ2n) is 11.9. The third-order valence-electron chi connectivity index (χ3n) is 9.40. The second kappa shape index (κ2) is 9.46. The molecule has 10 heteroatoms. The first-order valence-corrected chi connectivity index (χ1v) is 13.4. The van der Waals surface area contributed by atoms with Gasteiger partial charge in [0.2, 0.25) is 5.91 Å². The minimum absolute atomic E-state index is 0.0368. The van der Waals surface area contributed by atoms with Gasteiger partial charge >= 0.3 is 0 Å². The van der Waals surface area contributed by atoms with Gasteiger partial charge in [-0.2, -0.15) is 0 Å². The van der Waals surface area contributed by atoms with Gasteiger partial charge in [-0.05, 0) is 89.0 Å². The third-order valence-corrected chi connectivity index (χ3v) is 9.40. The molecule has 1 aromatic rings. The largest absolute Gasteiger partial charge is 0.507 e. The molecule has 4 aliphatic rings. The Morgan fingerprint density at radius 1 is 1.05 bits per heavy atom. The molecule has 0 bridgehead atoms. The van der Waals surface area contributed by atoms with E-state index in [4.69, 9.17) is 5.73 Å². The predicted molar refractivity (Wildman–Crippen MR) is 141 cm³/mol. The first-order valence-electron chi connectivity index (χ1n) is 13.4. The van der Waals surface area contributed by atoms with Crippen LogP contribution in [0.25, 0.3) is 5.57 Å². The van der Waals surface area contributed by atoms with Crippen molar-refractivity contribution in [2.45, 2.75) is 49.8 Å². The summed E-state index contributed by atoms with van der Waals surface area (Å²) in [5.41, 5.74) is 5.27. The van der Waals surface area contributed by atoms with Crippen molar-refractivity contribution >= 4 is 34.6 Å². The molecule has 7 atom stereocenters. The minimum Gasteiger partial charge on any atom is -0.507 e. The van der Waals surface area contributed by atoms with Gasteiger partial charge in [-0.3, -0.25) is 28.9 Å². The average molecular weight is 538 g/mol. The van der Waals surface area contributed by atoms with Crippen molar-refractivity contribution in [1.82, 2.24) is 9.80 Å². The number of hydrogen-bond acceptors (Lipinski definition) is 9. The molecule has 0 radical (unpaired) electrons. The maximum Gasteiger partial charge on any atom is 0.235 e. The van der Waals surface area contributed by atoms with E-state index in [-0.39, 0.29) is 24.2 Å². The Morgan fingerprint density at radius 3 is 2.31 bits per heavy atom. The van der Waals surface area contributed by atoms with Gasteiger partial charge in [-0.15, -0.1) is 0 Å². The first-order chi connectivity index (χ1) is 18.3. The zero-order valence-corrected chi connectivity index (χ0v) is 22.6. The van der Waals surface area contributed by atoms with Crippen LogP contribution in [0.3, 0.4) is 0 Å². The fourth-order valence-corrected chi connectivity index (χ4v) is 7.44. The van der Waals surface area contributed by atoms with Crippen LogP contribution in [0.5, 0.6) is 5.75 Å². The Kier molecular flexibility index (Phi) is 6.64. The molecule has 1 amide bonds. The van der Waals surface area contributed by atoms with Crippen LogP contribution >= 0.6 is 0 Å². The van der Waals surface area contributed by atoms with Crippen LogP contribution < -0.4 is 5.73 Å². The summed E-state index contributed by atoms with van der Waals surface area (Å²) in [4.78, 5) is 70.1. The molecular formula is C29H35N3O7. The number of ketones is 4. The standard InChI is InChI=1S/C29H35N3O7/c1-31(2)15-7-5-13(6-8-15)16-9-10-19(33)21-17(16)11-14-12-18-23(32(3)4)25(35)22(28(30)38)27(37)29(18,39)26(36)20(14)24(21)34/h5,9-10,14-15,18,20,22-23,33,39H,6-8,11-12H2,1-4H3,(H2,30,38)/t14-,15?,18-,20?,22?,23+,29-/m0/s1. The Labute approximate surface area is 226 Å². The van der Waals surface area contributed by atoms with E-state index in [2.05, 4.69) is 11.0 Å². The van der Waals surface area contributed by atoms with Gasteiger partial charge in [-0.1, -0.05) is 12.1 Å². The number of carbonyl (C=O) groups is 5. The second-order valence-corrected chi connectivity index (χ2v) is 11.9. The molecule has 1 aromatic carbocycles. The lowest BCUT2D eigenvalue weighted by molar-refractivity contribution is -0.181. The number of nitrogens with zero attached hydrogens (tertiary/aromatic N) is 2. The van der Waals surface area contributed by atoms with Gasteiger partial charge in [0.05, 0.1) is 17.5 Å². The summed E-state index contributed by atoms with van der Waals surface area (Å²) in [7, 11) is 7.22. The van der Waals surface area contributed by atoms with Crippen molar-refractivity contribution in [3.63, 3.8) is 0 Å². The Balaban J connectivity index is 1.60. The normalized spacial score (nSPS) is 34.5. The fourth-order valence-electron chi connectivity index (χ4n) is 7.44. The molecule has 4 aliphatic carbocycles. The van der Waals surface area contributed by atoms with E-state index in [1.165, 1.54) is 11.0 Å². The summed E-state index contributed by atoms with van der Waals surface area (Å²) in [5.74, 6) is -10.3. The van der Waals surface area contributed by atoms with Crippen molar-refractivity contribution in [3.05, 3.63) is 34.9 Å². The molecule has 0 aliphatic heterocycles. The molecule has 4 N–H and O–H groups in total. The van der Waals surface area contributed by atoms with Crippen LogP contribution in [0.1, 0.15) is 47.2 Å². The molecule has 0 saturated heterocycles. The number of hydrogen-bond donors (Lipinski definition) is 3. The number of fused-ring (bicyclic) bond motifs is 3. The number of allylic oxidation sites excluding steroid dienone is 1. The van der Waals surface area contributed by atoms with E-state index in [0.29, 0.717) is 11.6 Å². The molecule has 0 spiro atoms. The molecule has 5 rings (SSSR count). The van der Waals surface area contributed by atoms with Gasteiger partial charge in [0, 0.05) is 12.0 Å². The van der Waals surface area contributed by atoms with E-state index < -0.39 is 64.4 Å². The number of phenols is 1. The highest BCUT2D eigenvalue weighted by molar-refractivity contribution is 6.32. The van der Waals surface area contributed by atoms with Crippen molar-refractivity contribution in [2.24, 2.45) is 29.4 Å². The van der Waals surface area contributed by atoms with E-state index in [1.807, 2.05) is 14.1 Å². The first kappa shape index (κ1) is 27.4. The highest BCUT2D eigenvalue weighted by Crippen LogP contribution is 2.51. The number of carbonyl (C=O) groups excluding carboxylic acids is 5. The van der Waals surface area contributed by atoms with Gasteiger partial charge in [-0.25, -0.2) is 0 Å². The van der Waals surface area contributed by atoms with Gasteiger partial charge in [0.1, 0.15) is 5.75 Å². The summed E-state index contributed by atoms with van der Waals surface area (Å²) < 4.78 is 0. The number of aliphatic hydroxyl groups is 1. The number of phenolic OH excluding ortho intramolecular Hbond substituents is 1. The predicted octanol–water partition coefficient (Wildman–Crippen LogP) is 0.365. The minimum atomic E-state index is -2.71. The molecule has 0 aromatic heterocycles. The Hall–Kier alpha value is -3.21. The van der Waals surface area contributed by atoms with Gasteiger partial charge < -0.3 is 20.8 Å². The van der Waals surface area contributed by atoms with Crippen LogP contribution in [0.15, 0.2) is 18.2 Å². The number of rotatable bonds is 4. The Bertz CT molecular complexity index is 1330. The molecule has 3 unspecified atom stereocenters. The van der Waals surface area contributed by atoms with Crippen molar-refractivity contribution in [3.8, 4) is 5.75 Å². The monoisotopic (exact) mass is 537 g/mol. The number of benzene rings is 1. The zero-order chi connectivity index (χ0) is 28.5. The smallest absolute Gasteiger partial charge is 0.235 e. The molecule has 0 heterocycles. The highest BCUT2D eigenvalue weighted by atomic mass is 16.3. The van der Waals surface area contributed by atoms with E-state index in [9.17, 15) is 34.2 Å². The summed E-state index contributed by atoms with van der Waals surface area (Å²) in [6.45, 7) is 0. The maximum absolute atomic E-state index is 13.9. The maximum atomic E-state index is 13.9. The van der Waals surface area contributed by atoms with Gasteiger partial charge in [0.15, 0.2) is 34.7 Å². The molecular weight excluding hydrogens is 502 g/mol. The summed E-state index contributed by atoms with van der Waals surface area (Å²) in [6.07, 6.45) is 5.06. The fraction of sp³-hybridized carbons (Fsp3) is 0.552. The average Bonchev–Trinajstić information content (AvgIpc) is 2.86. The number of nitrogens with two attached hydrogens (primary N) is 1. The number of primary amides is 1. The van der Waals surface area contributed by atoms with Crippen molar-refractivity contribution in [1.29, 1.82) is 0 Å². The zero-order valence-electron chi connectivity index (χ0n) is 22.6. The lowest BCUT2D eigenvalue weighted by atomic mass is 9.52. The third kappa shape index (κ3) is 3.91. The summed E-state index contributed by atoms with van der Waals surface area (Å²) in [5, 5.41) is 22.4. The number of likely N-dealkylation sites (N-methyl/N-ethyl adjacent to an activating group) is 1. The SMILES string of the molecule is CN(C)C1CC=C(c2ccc(O)c3c2C[C@H]2C[C@H]4[C@@H](N(C)C)C(=O)C(C(N)=O)C(=O)[C@@]4(O)C(=O)C2C3=O)CC1. The quantitative estimate of drug-likeness (QED) is 0.461. The van der Waals surface area contributed by atoms with E-state index in [0.717, 1.165) is 30.4 Å². The van der Waals surface area contributed by atoms with E-state index >= 15 is 0 Å². The van der Waals surface area contributed by atoms with Crippen LogP contribution in [-0.4, -0.2) is 94.9 Å². The van der Waals surface area contributed by atoms with Crippen LogP contribution in [0.2, 0.25) is 0 Å². The molecule has 208 valence electrons. The molecule has 10 nitrogen and oxygen atoms in total. The van der Waals surface area contributed by atoms with Crippen LogP contribution in [0, 0.1) is 23.7 Å². The topological polar surface area (TPSA) is 158 Å². The van der Waals surface area contributed by atoms with Crippen molar-refractivity contribution in [2.75, 3.05) is 28.2 Å². The summed E-state index contributed by atoms with van der Waals surface area (Å²) in [6, 6.07) is 2.55. The summed E-state index contributed by atoms with van der Waals surface area (Å²) >= 11 is 0. The molecule has 39 heavy (non-hydrogen) atoms. The van der Waals surface area contributed by atoms with E-state index in [1.54, 1.807) is 20.2 Å². The highest BCUT2D eigenvalue weighted by Gasteiger charge is 2.69. The Morgan fingerprint density at radius 2 is 1.74 bits per heavy atom. The number of Topliss-reactive ketones (excluding diaryl/α,β-unsaturated/α-hetero) is 4. The van der Waals surface area contributed by atoms with Crippen LogP contribution in [-0.2, 0) is 25.6 Å². The van der Waals surface area contributed by atoms with Crippen molar-refractivity contribution < 1.29 is 34.2 Å². The van der Waals surface area contributed by atoms with Crippen LogP contribution in [0.4, 0.5) is 0 Å². The lowest BCUT2D eigenvalue weighted by Gasteiger charge is -2.52. The molecule has 2 saturated carbocycles. The number of aromatic hydroxyl groups is 1.